The maximum Gasteiger partial charge on any atom is 0.0378 e. The minimum Gasteiger partial charge on any atom is -0.369 e. The molecule has 0 amide bonds. The Kier molecular flexibility index (Phi) is 5.43. The molecule has 1 saturated heterocycles. The van der Waals surface area contributed by atoms with Crippen molar-refractivity contribution in [3.05, 3.63) is 28.2 Å². The first-order valence-corrected chi connectivity index (χ1v) is 9.12. The van der Waals surface area contributed by atoms with Gasteiger partial charge in [-0.1, -0.05) is 28.9 Å². The van der Waals surface area contributed by atoms with Crippen molar-refractivity contribution in [1.82, 2.24) is 5.32 Å². The van der Waals surface area contributed by atoms with Crippen molar-refractivity contribution in [2.45, 2.75) is 38.5 Å². The molecule has 112 valence electrons. The average Bonchev–Trinajstić information content (AvgIpc) is 2.37. The van der Waals surface area contributed by atoms with E-state index in [0.29, 0.717) is 10.8 Å². The van der Waals surface area contributed by atoms with E-state index < -0.39 is 0 Å². The van der Waals surface area contributed by atoms with Gasteiger partial charge in [-0.2, -0.15) is 11.8 Å². The zero-order valence-corrected chi connectivity index (χ0v) is 15.3. The first-order chi connectivity index (χ1) is 9.43. The van der Waals surface area contributed by atoms with Crippen molar-refractivity contribution in [1.29, 1.82) is 0 Å². The molecule has 2 nitrogen and oxygen atoms in total. The van der Waals surface area contributed by atoms with E-state index in [2.05, 4.69) is 83.8 Å². The number of nitrogens with one attached hydrogen (secondary N) is 1. The smallest absolute Gasteiger partial charge is 0.0378 e. The summed E-state index contributed by atoms with van der Waals surface area (Å²) in [4.78, 5) is 2.50. The molecule has 0 aromatic heterocycles. The van der Waals surface area contributed by atoms with Crippen molar-refractivity contribution in [3.63, 3.8) is 0 Å². The van der Waals surface area contributed by atoms with Gasteiger partial charge in [0.1, 0.15) is 0 Å². The van der Waals surface area contributed by atoms with Gasteiger partial charge in [-0.3, -0.25) is 0 Å². The van der Waals surface area contributed by atoms with Gasteiger partial charge in [0.2, 0.25) is 0 Å². The molecule has 1 atom stereocenters. The van der Waals surface area contributed by atoms with E-state index in [1.165, 1.54) is 21.5 Å². The molecule has 20 heavy (non-hydrogen) atoms. The first-order valence-electron chi connectivity index (χ1n) is 7.34. The number of nitrogens with zero attached hydrogens (tertiary/aromatic N) is 1. The van der Waals surface area contributed by atoms with Crippen molar-refractivity contribution in [3.8, 4) is 0 Å². The topological polar surface area (TPSA) is 15.3 Å². The molecule has 1 N–H and O–H groups in total. The molecule has 0 aliphatic carbocycles. The molecular weight excluding hydrogens is 332 g/mol. The molecule has 1 aliphatic rings. The van der Waals surface area contributed by atoms with Crippen LogP contribution in [0.5, 0.6) is 0 Å². The highest BCUT2D eigenvalue weighted by Crippen LogP contribution is 2.34. The van der Waals surface area contributed by atoms with Crippen LogP contribution in [-0.2, 0) is 0 Å². The average molecular weight is 357 g/mol. The second-order valence-electron chi connectivity index (χ2n) is 6.01. The number of hydrogen-bond acceptors (Lipinski definition) is 3. The molecule has 0 saturated carbocycles. The van der Waals surface area contributed by atoms with Gasteiger partial charge in [-0.15, -0.1) is 0 Å². The Morgan fingerprint density at radius 3 is 2.80 bits per heavy atom. The van der Waals surface area contributed by atoms with E-state index in [4.69, 9.17) is 0 Å². The summed E-state index contributed by atoms with van der Waals surface area (Å²) in [7, 11) is 0. The summed E-state index contributed by atoms with van der Waals surface area (Å²) in [6, 6.07) is 7.17. The molecule has 0 spiro atoms. The van der Waals surface area contributed by atoms with Crippen molar-refractivity contribution in [2.75, 3.05) is 30.3 Å². The largest absolute Gasteiger partial charge is 0.369 e. The van der Waals surface area contributed by atoms with E-state index in [1.807, 2.05) is 0 Å². The fourth-order valence-corrected chi connectivity index (χ4v) is 4.54. The van der Waals surface area contributed by atoms with Crippen LogP contribution in [0.15, 0.2) is 22.7 Å². The second kappa shape index (κ2) is 6.71. The summed E-state index contributed by atoms with van der Waals surface area (Å²) in [6.07, 6.45) is 0. The molecular formula is C16H25BrN2S. The molecule has 0 bridgehead atoms. The third kappa shape index (κ3) is 3.92. The molecule has 1 heterocycles. The molecule has 4 heteroatoms. The van der Waals surface area contributed by atoms with Crippen LogP contribution in [0.25, 0.3) is 0 Å². The Hall–Kier alpha value is -0.190. The Morgan fingerprint density at radius 1 is 1.45 bits per heavy atom. The Balaban J connectivity index is 2.16. The van der Waals surface area contributed by atoms with Gasteiger partial charge in [0.25, 0.3) is 0 Å². The lowest BCUT2D eigenvalue weighted by atomic mass is 10.1. The summed E-state index contributed by atoms with van der Waals surface area (Å²) in [5, 5.41) is 3.47. The van der Waals surface area contributed by atoms with E-state index >= 15 is 0 Å². The van der Waals surface area contributed by atoms with Gasteiger partial charge in [0.05, 0.1) is 0 Å². The van der Waals surface area contributed by atoms with E-state index in [0.717, 1.165) is 19.6 Å². The number of thioether (sulfide) groups is 1. The Morgan fingerprint density at radius 2 is 2.20 bits per heavy atom. The van der Waals surface area contributed by atoms with Gasteiger partial charge in [-0.05, 0) is 45.0 Å². The maximum atomic E-state index is 3.74. The van der Waals surface area contributed by atoms with Crippen LogP contribution in [0.1, 0.15) is 39.3 Å². The quantitative estimate of drug-likeness (QED) is 0.857. The van der Waals surface area contributed by atoms with Crippen LogP contribution in [0.4, 0.5) is 5.69 Å². The zero-order chi connectivity index (χ0) is 14.8. The predicted molar refractivity (Wildman–Crippen MR) is 95.0 cm³/mol. The molecule has 0 radical (unpaired) electrons. The highest BCUT2D eigenvalue weighted by molar-refractivity contribution is 9.10. The lowest BCUT2D eigenvalue weighted by molar-refractivity contribution is 0.595. The number of rotatable bonds is 4. The van der Waals surface area contributed by atoms with Gasteiger partial charge < -0.3 is 10.2 Å². The number of hydrogen-bond donors (Lipinski definition) is 1. The van der Waals surface area contributed by atoms with Crippen LogP contribution in [0.2, 0.25) is 0 Å². The molecule has 1 aromatic rings. The molecule has 1 unspecified atom stereocenters. The zero-order valence-electron chi connectivity index (χ0n) is 12.9. The van der Waals surface area contributed by atoms with Crippen molar-refractivity contribution >= 4 is 33.4 Å². The molecule has 1 aromatic carbocycles. The van der Waals surface area contributed by atoms with Gasteiger partial charge in [0, 0.05) is 39.8 Å². The summed E-state index contributed by atoms with van der Waals surface area (Å²) in [6.45, 7) is 12.3. The van der Waals surface area contributed by atoms with Crippen molar-refractivity contribution < 1.29 is 0 Å². The fraction of sp³-hybridized carbons (Fsp3) is 0.625. The Labute approximate surface area is 135 Å². The maximum absolute atomic E-state index is 3.74. The van der Waals surface area contributed by atoms with Crippen LogP contribution in [-0.4, -0.2) is 30.1 Å². The van der Waals surface area contributed by atoms with Crippen LogP contribution in [0, 0.1) is 0 Å². The summed E-state index contributed by atoms with van der Waals surface area (Å²) >= 11 is 5.82. The third-order valence-corrected chi connectivity index (χ3v) is 5.74. The standard InChI is InChI=1S/C16H25BrN2S/c1-5-18-12(2)14-7-6-13(10-15(14)17)19-8-9-20-16(3,4)11-19/h6-7,10,12,18H,5,8-9,11H2,1-4H3. The SMILES string of the molecule is CCNC(C)c1ccc(N2CCSC(C)(C)C2)cc1Br. The van der Waals surface area contributed by atoms with E-state index in [-0.39, 0.29) is 0 Å². The van der Waals surface area contributed by atoms with Crippen LogP contribution >= 0.6 is 27.7 Å². The van der Waals surface area contributed by atoms with Gasteiger partial charge >= 0.3 is 0 Å². The van der Waals surface area contributed by atoms with Crippen LogP contribution in [0.3, 0.4) is 0 Å². The molecule has 2 rings (SSSR count). The fourth-order valence-electron chi connectivity index (χ4n) is 2.72. The molecule has 1 fully saturated rings. The third-order valence-electron chi connectivity index (χ3n) is 3.75. The van der Waals surface area contributed by atoms with E-state index in [1.54, 1.807) is 0 Å². The first kappa shape index (κ1) is 16.2. The highest BCUT2D eigenvalue weighted by atomic mass is 79.9. The minimum atomic E-state index is 0.348. The monoisotopic (exact) mass is 356 g/mol. The second-order valence-corrected chi connectivity index (χ2v) is 8.67. The summed E-state index contributed by atoms with van der Waals surface area (Å²) in [5.74, 6) is 1.21. The lowest BCUT2D eigenvalue weighted by Crippen LogP contribution is -2.43. The summed E-state index contributed by atoms with van der Waals surface area (Å²) in [5.41, 5.74) is 2.67. The summed E-state index contributed by atoms with van der Waals surface area (Å²) < 4.78 is 1.56. The molecule has 1 aliphatic heterocycles. The number of anilines is 1. The Bertz CT molecular complexity index is 462. The predicted octanol–water partition coefficient (Wildman–Crippen LogP) is 4.45. The number of halogens is 1. The van der Waals surface area contributed by atoms with Gasteiger partial charge in [0.15, 0.2) is 0 Å². The normalized spacial score (nSPS) is 19.9. The highest BCUT2D eigenvalue weighted by Gasteiger charge is 2.27. The lowest BCUT2D eigenvalue weighted by Gasteiger charge is -2.39. The van der Waals surface area contributed by atoms with Crippen molar-refractivity contribution in [2.24, 2.45) is 0 Å². The van der Waals surface area contributed by atoms with Gasteiger partial charge in [-0.25, -0.2) is 0 Å². The van der Waals surface area contributed by atoms with E-state index in [9.17, 15) is 0 Å². The number of benzene rings is 1. The van der Waals surface area contributed by atoms with Crippen LogP contribution < -0.4 is 10.2 Å². The minimum absolute atomic E-state index is 0.348.